The molecule has 16 heavy (non-hydrogen) atoms. The summed E-state index contributed by atoms with van der Waals surface area (Å²) < 4.78 is 0. The lowest BCUT2D eigenvalue weighted by Gasteiger charge is -2.24. The Hall–Kier alpha value is -1.02. The monoisotopic (exact) mass is 219 g/mol. The van der Waals surface area contributed by atoms with Crippen molar-refractivity contribution in [1.29, 1.82) is 0 Å². The highest BCUT2D eigenvalue weighted by Crippen LogP contribution is 2.30. The molecule has 88 valence electrons. The van der Waals surface area contributed by atoms with Gasteiger partial charge in [0, 0.05) is 12.2 Å². The lowest BCUT2D eigenvalue weighted by atomic mass is 10.0. The number of hydrogen-bond donors (Lipinski definition) is 2. The number of anilines is 1. The summed E-state index contributed by atoms with van der Waals surface area (Å²) >= 11 is 0. The fraction of sp³-hybridized carbons (Fsp3) is 0.571. The number of rotatable bonds is 3. The maximum absolute atomic E-state index is 10.3. The van der Waals surface area contributed by atoms with Crippen LogP contribution < -0.4 is 5.32 Å². The van der Waals surface area contributed by atoms with Gasteiger partial charge in [-0.25, -0.2) is 0 Å². The normalized spacial score (nSPS) is 18.7. The SMILES string of the molecule is Cc1cccc(NCC2(O)CCCC2)c1C. The third kappa shape index (κ3) is 2.38. The first-order valence-corrected chi connectivity index (χ1v) is 6.13. The molecule has 0 bridgehead atoms. The van der Waals surface area contributed by atoms with E-state index in [9.17, 15) is 5.11 Å². The van der Waals surface area contributed by atoms with Crippen molar-refractivity contribution in [3.63, 3.8) is 0 Å². The molecule has 0 unspecified atom stereocenters. The van der Waals surface area contributed by atoms with Crippen LogP contribution >= 0.6 is 0 Å². The molecule has 0 amide bonds. The van der Waals surface area contributed by atoms with Gasteiger partial charge in [-0.1, -0.05) is 25.0 Å². The maximum Gasteiger partial charge on any atom is 0.0819 e. The molecule has 2 N–H and O–H groups in total. The molecule has 1 aromatic carbocycles. The summed E-state index contributed by atoms with van der Waals surface area (Å²) in [7, 11) is 0. The summed E-state index contributed by atoms with van der Waals surface area (Å²) in [6.07, 6.45) is 4.19. The number of nitrogens with one attached hydrogen (secondary N) is 1. The molecule has 1 aliphatic rings. The van der Waals surface area contributed by atoms with E-state index in [1.165, 1.54) is 11.1 Å². The van der Waals surface area contributed by atoms with Crippen molar-refractivity contribution in [2.24, 2.45) is 0 Å². The zero-order valence-electron chi connectivity index (χ0n) is 10.2. The van der Waals surface area contributed by atoms with Crippen LogP contribution in [0.25, 0.3) is 0 Å². The molecule has 0 radical (unpaired) electrons. The zero-order valence-corrected chi connectivity index (χ0v) is 10.2. The molecule has 0 aliphatic heterocycles. The molecule has 0 heterocycles. The topological polar surface area (TPSA) is 32.3 Å². The molecule has 0 spiro atoms. The maximum atomic E-state index is 10.3. The molecule has 0 saturated heterocycles. The van der Waals surface area contributed by atoms with Crippen molar-refractivity contribution >= 4 is 5.69 Å². The highest BCUT2D eigenvalue weighted by atomic mass is 16.3. The molecule has 1 saturated carbocycles. The number of benzene rings is 1. The second-order valence-electron chi connectivity index (χ2n) is 5.03. The Morgan fingerprint density at radius 3 is 2.62 bits per heavy atom. The highest BCUT2D eigenvalue weighted by Gasteiger charge is 2.30. The molecule has 2 heteroatoms. The number of aryl methyl sites for hydroxylation is 1. The summed E-state index contributed by atoms with van der Waals surface area (Å²) in [5, 5.41) is 13.6. The Labute approximate surface area is 97.7 Å². The summed E-state index contributed by atoms with van der Waals surface area (Å²) in [5.74, 6) is 0. The quantitative estimate of drug-likeness (QED) is 0.819. The summed E-state index contributed by atoms with van der Waals surface area (Å²) in [5.41, 5.74) is 3.25. The molecule has 1 fully saturated rings. The van der Waals surface area contributed by atoms with Gasteiger partial charge in [0.05, 0.1) is 5.60 Å². The van der Waals surface area contributed by atoms with Crippen molar-refractivity contribution in [2.45, 2.75) is 45.1 Å². The highest BCUT2D eigenvalue weighted by molar-refractivity contribution is 5.53. The largest absolute Gasteiger partial charge is 0.388 e. The van der Waals surface area contributed by atoms with Gasteiger partial charge >= 0.3 is 0 Å². The fourth-order valence-electron chi connectivity index (χ4n) is 2.41. The Morgan fingerprint density at radius 2 is 1.94 bits per heavy atom. The van der Waals surface area contributed by atoms with Crippen LogP contribution in [-0.4, -0.2) is 17.3 Å². The van der Waals surface area contributed by atoms with Gasteiger partial charge in [0.1, 0.15) is 0 Å². The molecule has 0 atom stereocenters. The Kier molecular flexibility index (Phi) is 3.20. The second kappa shape index (κ2) is 4.46. The van der Waals surface area contributed by atoms with E-state index in [2.05, 4.69) is 37.4 Å². The molecule has 2 rings (SSSR count). The number of hydrogen-bond acceptors (Lipinski definition) is 2. The van der Waals surface area contributed by atoms with E-state index in [1.807, 2.05) is 0 Å². The van der Waals surface area contributed by atoms with Crippen molar-refractivity contribution in [3.05, 3.63) is 29.3 Å². The van der Waals surface area contributed by atoms with Crippen LogP contribution in [-0.2, 0) is 0 Å². The first-order valence-electron chi connectivity index (χ1n) is 6.13. The van der Waals surface area contributed by atoms with Crippen molar-refractivity contribution in [3.8, 4) is 0 Å². The van der Waals surface area contributed by atoms with Crippen LogP contribution in [0.4, 0.5) is 5.69 Å². The molecule has 2 nitrogen and oxygen atoms in total. The van der Waals surface area contributed by atoms with Gasteiger partial charge in [0.15, 0.2) is 0 Å². The van der Waals surface area contributed by atoms with Crippen LogP contribution in [0.5, 0.6) is 0 Å². The minimum Gasteiger partial charge on any atom is -0.388 e. The van der Waals surface area contributed by atoms with Gasteiger partial charge < -0.3 is 10.4 Å². The third-order valence-electron chi connectivity index (χ3n) is 3.75. The Bertz CT molecular complexity index is 367. The summed E-state index contributed by atoms with van der Waals surface area (Å²) in [4.78, 5) is 0. The first kappa shape index (κ1) is 11.5. The third-order valence-corrected chi connectivity index (χ3v) is 3.75. The van der Waals surface area contributed by atoms with Crippen molar-refractivity contribution in [2.75, 3.05) is 11.9 Å². The van der Waals surface area contributed by atoms with Crippen molar-refractivity contribution in [1.82, 2.24) is 0 Å². The molecular weight excluding hydrogens is 198 g/mol. The van der Waals surface area contributed by atoms with Crippen LogP contribution in [0.2, 0.25) is 0 Å². The average Bonchev–Trinajstić information content (AvgIpc) is 2.68. The van der Waals surface area contributed by atoms with Crippen LogP contribution in [0, 0.1) is 13.8 Å². The standard InChI is InChI=1S/C14H21NO/c1-11-6-5-7-13(12(11)2)15-10-14(16)8-3-4-9-14/h5-7,15-16H,3-4,8-10H2,1-2H3. The number of aliphatic hydroxyl groups is 1. The smallest absolute Gasteiger partial charge is 0.0819 e. The van der Waals surface area contributed by atoms with Gasteiger partial charge in [0.2, 0.25) is 0 Å². The summed E-state index contributed by atoms with van der Waals surface area (Å²) in [6, 6.07) is 6.26. The van der Waals surface area contributed by atoms with Gasteiger partial charge in [-0.2, -0.15) is 0 Å². The Morgan fingerprint density at radius 1 is 1.25 bits per heavy atom. The van der Waals surface area contributed by atoms with E-state index >= 15 is 0 Å². The van der Waals surface area contributed by atoms with E-state index in [0.717, 1.165) is 31.4 Å². The van der Waals surface area contributed by atoms with Gasteiger partial charge in [-0.3, -0.25) is 0 Å². The van der Waals surface area contributed by atoms with Gasteiger partial charge in [0.25, 0.3) is 0 Å². The molecule has 1 aliphatic carbocycles. The zero-order chi connectivity index (χ0) is 11.6. The molecule has 1 aromatic rings. The molecular formula is C14H21NO. The first-order chi connectivity index (χ1) is 7.61. The predicted molar refractivity (Wildman–Crippen MR) is 67.8 cm³/mol. The van der Waals surface area contributed by atoms with E-state index in [1.54, 1.807) is 0 Å². The average molecular weight is 219 g/mol. The van der Waals surface area contributed by atoms with Gasteiger partial charge in [-0.15, -0.1) is 0 Å². The van der Waals surface area contributed by atoms with E-state index in [4.69, 9.17) is 0 Å². The predicted octanol–water partition coefficient (Wildman–Crippen LogP) is 3.02. The fourth-order valence-corrected chi connectivity index (χ4v) is 2.41. The van der Waals surface area contributed by atoms with Crippen molar-refractivity contribution < 1.29 is 5.11 Å². The lowest BCUT2D eigenvalue weighted by molar-refractivity contribution is 0.0614. The molecule has 0 aromatic heterocycles. The van der Waals surface area contributed by atoms with Crippen LogP contribution in [0.3, 0.4) is 0 Å². The van der Waals surface area contributed by atoms with Crippen LogP contribution in [0.1, 0.15) is 36.8 Å². The van der Waals surface area contributed by atoms with E-state index in [-0.39, 0.29) is 0 Å². The van der Waals surface area contributed by atoms with E-state index < -0.39 is 5.60 Å². The Balaban J connectivity index is 2.02. The minimum absolute atomic E-state index is 0.476. The second-order valence-corrected chi connectivity index (χ2v) is 5.03. The van der Waals surface area contributed by atoms with Crippen LogP contribution in [0.15, 0.2) is 18.2 Å². The minimum atomic E-state index is -0.476. The van der Waals surface area contributed by atoms with E-state index in [0.29, 0.717) is 6.54 Å². The lowest BCUT2D eigenvalue weighted by Crippen LogP contribution is -2.33. The van der Waals surface area contributed by atoms with Gasteiger partial charge in [-0.05, 0) is 43.9 Å². The summed E-state index contributed by atoms with van der Waals surface area (Å²) in [6.45, 7) is 4.92.